The molecule has 0 N–H and O–H groups in total. The zero-order valence-corrected chi connectivity index (χ0v) is 9.59. The minimum absolute atomic E-state index is 0.00947. The molecule has 0 fully saturated rings. The molecule has 1 rings (SSSR count). The standard InChI is InChI=1S/C8H6BrNO3S/c1-6-2-3-7(9)4-8(6)14(12,13)10-5-11/h2-4H,1H3. The molecular weight excluding hydrogens is 270 g/mol. The first-order valence-corrected chi connectivity index (χ1v) is 5.81. The summed E-state index contributed by atoms with van der Waals surface area (Å²) < 4.78 is 26.1. The SMILES string of the molecule is Cc1ccc(Br)cc1S(=O)(=O)N=C=O. The van der Waals surface area contributed by atoms with E-state index in [2.05, 4.69) is 20.3 Å². The molecule has 0 spiro atoms. The molecule has 0 atom stereocenters. The summed E-state index contributed by atoms with van der Waals surface area (Å²) in [6.45, 7) is 1.62. The van der Waals surface area contributed by atoms with Crippen molar-refractivity contribution in [3.05, 3.63) is 28.2 Å². The van der Waals surface area contributed by atoms with Gasteiger partial charge in [0.05, 0.1) is 4.90 Å². The topological polar surface area (TPSA) is 63.6 Å². The number of aryl methyl sites for hydroxylation is 1. The summed E-state index contributed by atoms with van der Waals surface area (Å²) in [5.41, 5.74) is 0.534. The van der Waals surface area contributed by atoms with Crippen molar-refractivity contribution in [1.82, 2.24) is 0 Å². The molecule has 1 aromatic rings. The molecule has 0 bridgehead atoms. The van der Waals surface area contributed by atoms with Gasteiger partial charge in [-0.3, -0.25) is 0 Å². The van der Waals surface area contributed by atoms with Crippen molar-refractivity contribution in [3.63, 3.8) is 0 Å². The number of hydrogen-bond acceptors (Lipinski definition) is 3. The van der Waals surface area contributed by atoms with Crippen LogP contribution in [-0.4, -0.2) is 14.5 Å². The summed E-state index contributed by atoms with van der Waals surface area (Å²) in [7, 11) is -3.89. The van der Waals surface area contributed by atoms with Gasteiger partial charge in [0.15, 0.2) is 0 Å². The average Bonchev–Trinajstić information content (AvgIpc) is 2.09. The number of sulfonamides is 1. The van der Waals surface area contributed by atoms with Gasteiger partial charge < -0.3 is 0 Å². The maximum atomic E-state index is 11.4. The molecule has 0 aliphatic rings. The highest BCUT2D eigenvalue weighted by Crippen LogP contribution is 2.21. The van der Waals surface area contributed by atoms with Crippen molar-refractivity contribution in [2.75, 3.05) is 0 Å². The van der Waals surface area contributed by atoms with E-state index in [1.165, 1.54) is 6.07 Å². The Morgan fingerprint density at radius 2 is 2.07 bits per heavy atom. The van der Waals surface area contributed by atoms with Gasteiger partial charge in [-0.15, -0.1) is 0 Å². The molecule has 6 heteroatoms. The average molecular weight is 276 g/mol. The van der Waals surface area contributed by atoms with E-state index in [9.17, 15) is 13.2 Å². The molecule has 0 saturated heterocycles. The molecule has 0 aliphatic heterocycles. The second-order valence-corrected chi connectivity index (χ2v) is 5.06. The first kappa shape index (κ1) is 11.1. The van der Waals surface area contributed by atoms with Gasteiger partial charge in [-0.1, -0.05) is 26.4 Å². The lowest BCUT2D eigenvalue weighted by atomic mass is 10.2. The molecule has 74 valence electrons. The highest BCUT2D eigenvalue weighted by molar-refractivity contribution is 9.10. The molecule has 4 nitrogen and oxygen atoms in total. The molecule has 0 heterocycles. The Bertz CT molecular complexity index is 503. The molecule has 0 amide bonds. The third-order valence-electron chi connectivity index (χ3n) is 1.59. The van der Waals surface area contributed by atoms with Gasteiger partial charge >= 0.3 is 0 Å². The Kier molecular flexibility index (Phi) is 3.21. The van der Waals surface area contributed by atoms with Crippen molar-refractivity contribution in [3.8, 4) is 0 Å². The Morgan fingerprint density at radius 1 is 1.43 bits per heavy atom. The lowest BCUT2D eigenvalue weighted by molar-refractivity contribution is 0.563. The smallest absolute Gasteiger partial charge is 0.210 e. The second kappa shape index (κ2) is 4.04. The van der Waals surface area contributed by atoms with Gasteiger partial charge in [-0.25, -0.2) is 4.79 Å². The van der Waals surface area contributed by atoms with Crippen molar-refractivity contribution in [2.24, 2.45) is 4.40 Å². The van der Waals surface area contributed by atoms with E-state index in [1.807, 2.05) is 0 Å². The van der Waals surface area contributed by atoms with Crippen molar-refractivity contribution in [1.29, 1.82) is 0 Å². The Balaban J connectivity index is 3.46. The Labute approximate surface area is 89.8 Å². The molecule has 14 heavy (non-hydrogen) atoms. The van der Waals surface area contributed by atoms with Crippen LogP contribution in [0.5, 0.6) is 0 Å². The van der Waals surface area contributed by atoms with Gasteiger partial charge in [-0.2, -0.15) is 8.42 Å². The summed E-state index contributed by atoms with van der Waals surface area (Å²) in [5.74, 6) is 0. The molecule has 1 aromatic carbocycles. The maximum absolute atomic E-state index is 11.4. The molecule has 0 radical (unpaired) electrons. The lowest BCUT2D eigenvalue weighted by Gasteiger charge is -2.01. The molecule has 0 unspecified atom stereocenters. The van der Waals surface area contributed by atoms with E-state index in [4.69, 9.17) is 0 Å². The molecule has 0 saturated carbocycles. The van der Waals surface area contributed by atoms with Crippen LogP contribution < -0.4 is 0 Å². The zero-order valence-electron chi connectivity index (χ0n) is 7.19. The van der Waals surface area contributed by atoms with Crippen molar-refractivity contribution < 1.29 is 13.2 Å². The van der Waals surface area contributed by atoms with Gasteiger partial charge in [-0.05, 0) is 24.6 Å². The largest absolute Gasteiger partial charge is 0.292 e. The lowest BCUT2D eigenvalue weighted by Crippen LogP contribution is -1.99. The second-order valence-electron chi connectivity index (χ2n) is 2.57. The van der Waals surface area contributed by atoms with Crippen LogP contribution in [0.1, 0.15) is 5.56 Å². The fourth-order valence-corrected chi connectivity index (χ4v) is 2.41. The van der Waals surface area contributed by atoms with Gasteiger partial charge in [0.1, 0.15) is 0 Å². The summed E-state index contributed by atoms with van der Waals surface area (Å²) in [6.07, 6.45) is 1.02. The first-order valence-electron chi connectivity index (χ1n) is 3.57. The van der Waals surface area contributed by atoms with E-state index in [1.54, 1.807) is 19.1 Å². The summed E-state index contributed by atoms with van der Waals surface area (Å²) in [4.78, 5) is 9.92. The number of hydrogen-bond donors (Lipinski definition) is 0. The highest BCUT2D eigenvalue weighted by Gasteiger charge is 2.15. The minimum atomic E-state index is -3.89. The van der Waals surface area contributed by atoms with Crippen LogP contribution in [0.15, 0.2) is 32.0 Å². The van der Waals surface area contributed by atoms with Crippen LogP contribution in [0.3, 0.4) is 0 Å². The Morgan fingerprint density at radius 3 is 2.64 bits per heavy atom. The van der Waals surface area contributed by atoms with Gasteiger partial charge in [0, 0.05) is 4.47 Å². The normalized spacial score (nSPS) is 10.7. The van der Waals surface area contributed by atoms with E-state index in [0.717, 1.165) is 6.08 Å². The number of rotatable bonds is 2. The minimum Gasteiger partial charge on any atom is -0.210 e. The predicted octanol–water partition coefficient (Wildman–Crippen LogP) is 1.78. The molecular formula is C8H6BrNO3S. The van der Waals surface area contributed by atoms with E-state index in [-0.39, 0.29) is 4.90 Å². The maximum Gasteiger partial charge on any atom is 0.292 e. The third-order valence-corrected chi connectivity index (χ3v) is 3.39. The predicted molar refractivity (Wildman–Crippen MR) is 54.2 cm³/mol. The Hall–Kier alpha value is -0.970. The van der Waals surface area contributed by atoms with Crippen LogP contribution in [0, 0.1) is 6.92 Å². The van der Waals surface area contributed by atoms with Gasteiger partial charge in [0.2, 0.25) is 0 Å². The van der Waals surface area contributed by atoms with Crippen molar-refractivity contribution >= 4 is 32.0 Å². The number of halogens is 1. The fraction of sp³-hybridized carbons (Fsp3) is 0.125. The third kappa shape index (κ3) is 2.29. The van der Waals surface area contributed by atoms with Crippen LogP contribution >= 0.6 is 15.9 Å². The number of nitrogens with zero attached hydrogens (tertiary/aromatic N) is 1. The fourth-order valence-electron chi connectivity index (χ4n) is 0.950. The highest BCUT2D eigenvalue weighted by atomic mass is 79.9. The van der Waals surface area contributed by atoms with E-state index < -0.39 is 10.0 Å². The summed E-state index contributed by atoms with van der Waals surface area (Å²) >= 11 is 3.14. The molecule has 0 aliphatic carbocycles. The quantitative estimate of drug-likeness (QED) is 0.611. The number of carbonyl (C=O) groups excluding carboxylic acids is 1. The first-order chi connectivity index (χ1) is 6.47. The van der Waals surface area contributed by atoms with Crippen LogP contribution in [0.2, 0.25) is 0 Å². The number of isocyanates is 1. The summed E-state index contributed by atoms with van der Waals surface area (Å²) in [5, 5.41) is 0. The number of benzene rings is 1. The summed E-state index contributed by atoms with van der Waals surface area (Å²) in [6, 6.07) is 4.72. The van der Waals surface area contributed by atoms with E-state index >= 15 is 0 Å². The van der Waals surface area contributed by atoms with Crippen molar-refractivity contribution in [2.45, 2.75) is 11.8 Å². The molecule has 0 aromatic heterocycles. The van der Waals surface area contributed by atoms with Crippen LogP contribution in [0.4, 0.5) is 0 Å². The monoisotopic (exact) mass is 275 g/mol. The van der Waals surface area contributed by atoms with Gasteiger partial charge in [0.25, 0.3) is 16.1 Å². The zero-order chi connectivity index (χ0) is 10.8. The van der Waals surface area contributed by atoms with E-state index in [0.29, 0.717) is 10.0 Å². The van der Waals surface area contributed by atoms with Crippen LogP contribution in [-0.2, 0) is 14.8 Å². The van der Waals surface area contributed by atoms with Crippen LogP contribution in [0.25, 0.3) is 0 Å².